The Morgan fingerprint density at radius 2 is 1.56 bits per heavy atom. The maximum atomic E-state index is 13.6. The second-order valence-electron chi connectivity index (χ2n) is 8.52. The Morgan fingerprint density at radius 3 is 2.18 bits per heavy atom. The Hall–Kier alpha value is -3.17. The molecule has 0 aromatic heterocycles. The summed E-state index contributed by atoms with van der Waals surface area (Å²) in [4.78, 5) is 2.25. The molecule has 1 fully saturated rings. The van der Waals surface area contributed by atoms with Gasteiger partial charge in [-0.15, -0.1) is 0 Å². The Kier molecular flexibility index (Phi) is 6.77. The van der Waals surface area contributed by atoms with Crippen LogP contribution < -0.4 is 19.7 Å². The summed E-state index contributed by atoms with van der Waals surface area (Å²) in [5, 5.41) is 3.48. The predicted molar refractivity (Wildman–Crippen MR) is 130 cm³/mol. The molecule has 1 heterocycles. The molecule has 4 rings (SSSR count). The summed E-state index contributed by atoms with van der Waals surface area (Å²) in [5.74, 6) is -1.49. The van der Waals surface area contributed by atoms with Crippen molar-refractivity contribution in [2.75, 3.05) is 29.8 Å². The van der Waals surface area contributed by atoms with Crippen LogP contribution in [0.4, 0.5) is 20.2 Å². The zero-order valence-electron chi connectivity index (χ0n) is 19.2. The van der Waals surface area contributed by atoms with Gasteiger partial charge in [0.1, 0.15) is 5.75 Å². The van der Waals surface area contributed by atoms with Crippen LogP contribution in [-0.2, 0) is 10.0 Å². The number of nitrogens with zero attached hydrogens (tertiary/aromatic N) is 1. The Morgan fingerprint density at radius 1 is 0.912 bits per heavy atom. The van der Waals surface area contributed by atoms with Gasteiger partial charge >= 0.3 is 0 Å². The fourth-order valence-electron chi connectivity index (χ4n) is 4.22. The van der Waals surface area contributed by atoms with E-state index in [-0.39, 0.29) is 4.90 Å². The average molecular weight is 488 g/mol. The third-order valence-electron chi connectivity index (χ3n) is 5.77. The molecule has 1 aliphatic rings. The van der Waals surface area contributed by atoms with Crippen molar-refractivity contribution in [1.82, 2.24) is 5.32 Å². The number of ether oxygens (including phenoxy) is 1. The van der Waals surface area contributed by atoms with Gasteiger partial charge in [-0.25, -0.2) is 17.2 Å². The zero-order valence-corrected chi connectivity index (χ0v) is 20.0. The van der Waals surface area contributed by atoms with Crippen molar-refractivity contribution in [3.63, 3.8) is 0 Å². The molecule has 0 amide bonds. The van der Waals surface area contributed by atoms with E-state index in [1.165, 1.54) is 25.3 Å². The molecule has 2 N–H and O–H groups in total. The number of hydrogen-bond donors (Lipinski definition) is 2. The summed E-state index contributed by atoms with van der Waals surface area (Å²) in [6.07, 6.45) is 0. The molecule has 1 saturated heterocycles. The van der Waals surface area contributed by atoms with Gasteiger partial charge in [-0.3, -0.25) is 4.72 Å². The van der Waals surface area contributed by atoms with E-state index in [1.54, 1.807) is 24.3 Å². The van der Waals surface area contributed by atoms with Crippen LogP contribution in [-0.4, -0.2) is 40.7 Å². The maximum absolute atomic E-state index is 13.6. The first-order chi connectivity index (χ1) is 16.2. The SMILES string of the molecule is COc1ccc(N2C[C@@H](C)N[C@@H](C)C2)cc1NS(=O)(=O)c1ccc(-c2ccc(F)c(F)c2)cc1. The van der Waals surface area contributed by atoms with Gasteiger partial charge in [-0.1, -0.05) is 18.2 Å². The first-order valence-corrected chi connectivity index (χ1v) is 12.4. The van der Waals surface area contributed by atoms with Crippen molar-refractivity contribution >= 4 is 21.4 Å². The molecule has 3 aromatic rings. The lowest BCUT2D eigenvalue weighted by atomic mass is 10.1. The van der Waals surface area contributed by atoms with Gasteiger partial charge in [0.05, 0.1) is 17.7 Å². The molecule has 2 atom stereocenters. The summed E-state index contributed by atoms with van der Waals surface area (Å²) >= 11 is 0. The van der Waals surface area contributed by atoms with E-state index in [0.717, 1.165) is 30.9 Å². The molecule has 6 nitrogen and oxygen atoms in total. The topological polar surface area (TPSA) is 70.7 Å². The highest BCUT2D eigenvalue weighted by Gasteiger charge is 2.23. The Balaban J connectivity index is 1.59. The first kappa shape index (κ1) is 24.0. The lowest BCUT2D eigenvalue weighted by Gasteiger charge is -2.38. The highest BCUT2D eigenvalue weighted by Crippen LogP contribution is 2.33. The number of halogens is 2. The smallest absolute Gasteiger partial charge is 0.262 e. The number of rotatable bonds is 6. The molecule has 0 spiro atoms. The molecule has 0 aliphatic carbocycles. The monoisotopic (exact) mass is 487 g/mol. The number of sulfonamides is 1. The minimum absolute atomic E-state index is 0.0377. The average Bonchev–Trinajstić information content (AvgIpc) is 2.80. The summed E-state index contributed by atoms with van der Waals surface area (Å²) in [6, 6.07) is 15.6. The third-order valence-corrected chi connectivity index (χ3v) is 7.15. The summed E-state index contributed by atoms with van der Waals surface area (Å²) in [7, 11) is -2.44. The highest BCUT2D eigenvalue weighted by atomic mass is 32.2. The van der Waals surface area contributed by atoms with Gasteiger partial charge in [-0.05, 0) is 67.4 Å². The molecule has 34 heavy (non-hydrogen) atoms. The molecule has 0 unspecified atom stereocenters. The molecule has 0 bridgehead atoms. The van der Waals surface area contributed by atoms with Gasteiger partial charge in [0.25, 0.3) is 10.0 Å². The largest absolute Gasteiger partial charge is 0.495 e. The van der Waals surface area contributed by atoms with Crippen molar-refractivity contribution in [3.05, 3.63) is 72.3 Å². The number of anilines is 2. The van der Waals surface area contributed by atoms with Crippen LogP contribution in [0.2, 0.25) is 0 Å². The van der Waals surface area contributed by atoms with Crippen molar-refractivity contribution in [2.24, 2.45) is 0 Å². The molecular formula is C25H27F2N3O3S. The first-order valence-electron chi connectivity index (χ1n) is 10.9. The van der Waals surface area contributed by atoms with Crippen molar-refractivity contribution in [1.29, 1.82) is 0 Å². The Labute approximate surface area is 198 Å². The number of methoxy groups -OCH3 is 1. The van der Waals surface area contributed by atoms with Gasteiger partial charge in [-0.2, -0.15) is 0 Å². The van der Waals surface area contributed by atoms with Crippen LogP contribution in [0.1, 0.15) is 13.8 Å². The number of piperazine rings is 1. The van der Waals surface area contributed by atoms with Crippen molar-refractivity contribution in [3.8, 4) is 16.9 Å². The molecule has 0 saturated carbocycles. The van der Waals surface area contributed by atoms with E-state index in [9.17, 15) is 17.2 Å². The summed E-state index contributed by atoms with van der Waals surface area (Å²) in [5.41, 5.74) is 2.25. The molecule has 180 valence electrons. The van der Waals surface area contributed by atoms with E-state index >= 15 is 0 Å². The Bertz CT molecular complexity index is 1270. The zero-order chi connectivity index (χ0) is 24.5. The maximum Gasteiger partial charge on any atom is 0.262 e. The lowest BCUT2D eigenvalue weighted by Crippen LogP contribution is -2.54. The van der Waals surface area contributed by atoms with Crippen LogP contribution in [0, 0.1) is 11.6 Å². The van der Waals surface area contributed by atoms with Crippen molar-refractivity contribution in [2.45, 2.75) is 30.8 Å². The van der Waals surface area contributed by atoms with E-state index in [4.69, 9.17) is 4.74 Å². The van der Waals surface area contributed by atoms with Gasteiger partial charge in [0.15, 0.2) is 11.6 Å². The fourth-order valence-corrected chi connectivity index (χ4v) is 5.28. The summed E-state index contributed by atoms with van der Waals surface area (Å²) < 4.78 is 61.0. The number of hydrogen-bond acceptors (Lipinski definition) is 5. The van der Waals surface area contributed by atoms with Crippen LogP contribution >= 0.6 is 0 Å². The van der Waals surface area contributed by atoms with Crippen LogP contribution in [0.15, 0.2) is 65.6 Å². The second-order valence-corrected chi connectivity index (χ2v) is 10.2. The molecule has 9 heteroatoms. The van der Waals surface area contributed by atoms with Crippen molar-refractivity contribution < 1.29 is 21.9 Å². The molecular weight excluding hydrogens is 460 g/mol. The van der Waals surface area contributed by atoms with Crippen LogP contribution in [0.5, 0.6) is 5.75 Å². The number of benzene rings is 3. The van der Waals surface area contributed by atoms with Gasteiger partial charge in [0.2, 0.25) is 0 Å². The number of nitrogens with one attached hydrogen (secondary N) is 2. The van der Waals surface area contributed by atoms with Gasteiger partial charge in [0, 0.05) is 30.9 Å². The highest BCUT2D eigenvalue weighted by molar-refractivity contribution is 7.92. The fraction of sp³-hybridized carbons (Fsp3) is 0.280. The van der Waals surface area contributed by atoms with Crippen LogP contribution in [0.3, 0.4) is 0 Å². The minimum Gasteiger partial charge on any atom is -0.495 e. The quantitative estimate of drug-likeness (QED) is 0.531. The third kappa shape index (κ3) is 5.15. The van der Waals surface area contributed by atoms with E-state index in [0.29, 0.717) is 34.6 Å². The van der Waals surface area contributed by atoms with Gasteiger partial charge < -0.3 is 15.0 Å². The molecule has 3 aromatic carbocycles. The molecule has 1 aliphatic heterocycles. The van der Waals surface area contributed by atoms with E-state index < -0.39 is 21.7 Å². The lowest BCUT2D eigenvalue weighted by molar-refractivity contribution is 0.406. The predicted octanol–water partition coefficient (Wildman–Crippen LogP) is 4.63. The van der Waals surface area contributed by atoms with E-state index in [2.05, 4.69) is 28.8 Å². The summed E-state index contributed by atoms with van der Waals surface area (Å²) in [6.45, 7) is 5.82. The van der Waals surface area contributed by atoms with E-state index in [1.807, 2.05) is 6.07 Å². The second kappa shape index (κ2) is 9.60. The minimum atomic E-state index is -3.92. The molecule has 0 radical (unpaired) electrons. The normalized spacial score (nSPS) is 18.6. The standard InChI is InChI=1S/C25H27F2N3O3S/c1-16-14-30(15-17(2)28-16)20-7-11-25(33-3)24(13-20)29-34(31,32)21-8-4-18(5-9-21)19-6-10-22(26)23(27)12-19/h4-13,16-17,28-29H,14-15H2,1-3H3/t16-,17+. The van der Waals surface area contributed by atoms with Crippen LogP contribution in [0.25, 0.3) is 11.1 Å².